The van der Waals surface area contributed by atoms with E-state index in [1.807, 2.05) is 6.07 Å². The van der Waals surface area contributed by atoms with Gasteiger partial charge in [-0.25, -0.2) is 0 Å². The summed E-state index contributed by atoms with van der Waals surface area (Å²) in [6.45, 7) is 2.69. The fraction of sp³-hybridized carbons (Fsp3) is 0.0714. The van der Waals surface area contributed by atoms with E-state index in [9.17, 15) is 0 Å². The van der Waals surface area contributed by atoms with Gasteiger partial charge in [0, 0.05) is 0 Å². The summed E-state index contributed by atoms with van der Waals surface area (Å²) < 4.78 is 10.4. The van der Waals surface area contributed by atoms with E-state index < -0.39 is 13.6 Å². The van der Waals surface area contributed by atoms with Gasteiger partial charge in [0.2, 0.25) is 0 Å². The van der Waals surface area contributed by atoms with Crippen LogP contribution in [0, 0.1) is 0 Å². The van der Waals surface area contributed by atoms with Crippen LogP contribution in [0.15, 0.2) is 126 Å². The third kappa shape index (κ3) is 4.13. The molecule has 0 aliphatic heterocycles. The van der Waals surface area contributed by atoms with Crippen molar-refractivity contribution in [1.82, 2.24) is 0 Å². The first-order valence-electron chi connectivity index (χ1n) is 10.3. The first-order chi connectivity index (χ1) is 14.8. The molecule has 2 heteroatoms. The zero-order chi connectivity index (χ0) is 20.7. The van der Waals surface area contributed by atoms with E-state index in [0.717, 1.165) is 11.3 Å². The Bertz CT molecular complexity index is 978. The van der Waals surface area contributed by atoms with Crippen LogP contribution in [0.2, 0.25) is 0 Å². The number of benzene rings is 4. The van der Waals surface area contributed by atoms with Crippen molar-refractivity contribution in [1.29, 1.82) is 0 Å². The number of hydrogen-bond acceptors (Lipinski definition) is 1. The predicted octanol–water partition coefficient (Wildman–Crippen LogP) is 4.77. The molecule has 4 rings (SSSR count). The first-order valence-corrected chi connectivity index (χ1v) is 14.2. The Morgan fingerprint density at radius 1 is 0.600 bits per heavy atom. The molecule has 4 aromatic carbocycles. The molecule has 0 radical (unpaired) electrons. The van der Waals surface area contributed by atoms with Crippen LogP contribution in [-0.4, -0.2) is 20.2 Å². The predicted molar refractivity (Wildman–Crippen MR) is 130 cm³/mol. The number of hydrogen-bond donors (Lipinski definition) is 0. The van der Waals surface area contributed by atoms with E-state index in [1.54, 1.807) is 0 Å². The summed E-state index contributed by atoms with van der Waals surface area (Å²) in [5.74, 6) is 0.960. The minimum absolute atomic E-state index is 0.634. The SMILES string of the molecule is CCOC(=C[As+](c1ccccc1)(c1ccccc1)c1ccccc1)c1ccccc1. The second-order valence-electron chi connectivity index (χ2n) is 7.02. The molecule has 1 nitrogen and oxygen atoms in total. The summed E-state index contributed by atoms with van der Waals surface area (Å²) in [5, 5.41) is 0. The first kappa shape index (κ1) is 20.3. The van der Waals surface area contributed by atoms with Crippen molar-refractivity contribution in [3.8, 4) is 0 Å². The number of rotatable bonds is 7. The third-order valence-electron chi connectivity index (χ3n) is 5.16. The van der Waals surface area contributed by atoms with Gasteiger partial charge < -0.3 is 0 Å². The van der Waals surface area contributed by atoms with E-state index in [4.69, 9.17) is 4.74 Å². The Hall–Kier alpha value is -3.02. The molecule has 0 aliphatic carbocycles. The van der Waals surface area contributed by atoms with E-state index in [-0.39, 0.29) is 0 Å². The molecule has 0 fully saturated rings. The zero-order valence-electron chi connectivity index (χ0n) is 17.2. The summed E-state index contributed by atoms with van der Waals surface area (Å²) in [5.41, 5.74) is 1.12. The topological polar surface area (TPSA) is 9.23 Å². The van der Waals surface area contributed by atoms with Crippen LogP contribution in [0.3, 0.4) is 0 Å². The van der Waals surface area contributed by atoms with E-state index >= 15 is 0 Å². The van der Waals surface area contributed by atoms with Crippen molar-refractivity contribution in [2.24, 2.45) is 0 Å². The van der Waals surface area contributed by atoms with Crippen LogP contribution in [0.1, 0.15) is 12.5 Å². The second kappa shape index (κ2) is 9.65. The van der Waals surface area contributed by atoms with Crippen LogP contribution in [0.4, 0.5) is 0 Å². The molecular formula is C28H26AsO+. The van der Waals surface area contributed by atoms with E-state index in [2.05, 4.69) is 127 Å². The van der Waals surface area contributed by atoms with Gasteiger partial charge in [0.05, 0.1) is 0 Å². The molecule has 4 aromatic rings. The molecule has 0 atom stereocenters. The quantitative estimate of drug-likeness (QED) is 0.289. The molecule has 0 heterocycles. The molecule has 0 amide bonds. The number of ether oxygens (including phenoxy) is 1. The molecule has 148 valence electrons. The maximum absolute atomic E-state index is 6.25. The van der Waals surface area contributed by atoms with Gasteiger partial charge in [-0.1, -0.05) is 0 Å². The van der Waals surface area contributed by atoms with Crippen molar-refractivity contribution >= 4 is 32.4 Å². The Morgan fingerprint density at radius 2 is 0.967 bits per heavy atom. The zero-order valence-corrected chi connectivity index (χ0v) is 19.1. The summed E-state index contributed by atoms with van der Waals surface area (Å²) in [6.07, 6.45) is 0. The van der Waals surface area contributed by atoms with Crippen molar-refractivity contribution in [3.63, 3.8) is 0 Å². The van der Waals surface area contributed by atoms with Gasteiger partial charge in [0.1, 0.15) is 0 Å². The molecule has 0 aromatic heterocycles. The fourth-order valence-electron chi connectivity index (χ4n) is 3.79. The Kier molecular flexibility index (Phi) is 6.52. The molecular weight excluding hydrogens is 427 g/mol. The average molecular weight is 453 g/mol. The summed E-state index contributed by atoms with van der Waals surface area (Å²) in [7, 11) is 0. The van der Waals surface area contributed by atoms with Crippen molar-refractivity contribution in [2.75, 3.05) is 6.61 Å². The molecule has 30 heavy (non-hydrogen) atoms. The van der Waals surface area contributed by atoms with Gasteiger partial charge in [-0.05, 0) is 0 Å². The van der Waals surface area contributed by atoms with Crippen LogP contribution in [0.5, 0.6) is 0 Å². The fourth-order valence-corrected chi connectivity index (χ4v) is 11.9. The monoisotopic (exact) mass is 453 g/mol. The molecule has 0 saturated heterocycles. The second-order valence-corrected chi connectivity index (χ2v) is 13.8. The summed E-state index contributed by atoms with van der Waals surface area (Å²) >= 11 is -2.97. The molecule has 0 saturated carbocycles. The van der Waals surface area contributed by atoms with Crippen molar-refractivity contribution < 1.29 is 4.74 Å². The van der Waals surface area contributed by atoms with Crippen LogP contribution >= 0.6 is 0 Å². The molecule has 0 bridgehead atoms. The summed E-state index contributed by atoms with van der Waals surface area (Å²) in [6, 6.07) is 43.3. The van der Waals surface area contributed by atoms with Gasteiger partial charge in [-0.3, -0.25) is 0 Å². The van der Waals surface area contributed by atoms with Crippen LogP contribution in [0.25, 0.3) is 5.76 Å². The van der Waals surface area contributed by atoms with Gasteiger partial charge in [0.25, 0.3) is 0 Å². The third-order valence-corrected chi connectivity index (χ3v) is 13.5. The Balaban J connectivity index is 2.07. The molecule has 0 spiro atoms. The van der Waals surface area contributed by atoms with Gasteiger partial charge in [-0.15, -0.1) is 0 Å². The molecule has 0 aliphatic rings. The van der Waals surface area contributed by atoms with Crippen LogP contribution in [-0.2, 0) is 4.74 Å². The van der Waals surface area contributed by atoms with Crippen molar-refractivity contribution in [2.45, 2.75) is 6.92 Å². The minimum atomic E-state index is -2.97. The van der Waals surface area contributed by atoms with E-state index in [1.165, 1.54) is 13.1 Å². The summed E-state index contributed by atoms with van der Waals surface area (Å²) in [4.78, 5) is 2.46. The average Bonchev–Trinajstić information content (AvgIpc) is 2.84. The maximum atomic E-state index is 6.25. The Labute approximate surface area is 182 Å². The van der Waals surface area contributed by atoms with E-state index in [0.29, 0.717) is 6.61 Å². The van der Waals surface area contributed by atoms with Gasteiger partial charge in [0.15, 0.2) is 0 Å². The standard InChI is InChI=1S/C28H26AsO/c1-2-30-28(24-15-7-3-8-16-24)23-29(25-17-9-4-10-18-25,26-19-11-5-12-20-26)27-21-13-6-14-22-27/h3-23H,2H2,1H3/q+1. The van der Waals surface area contributed by atoms with Gasteiger partial charge in [-0.2, -0.15) is 0 Å². The Morgan fingerprint density at radius 3 is 1.33 bits per heavy atom. The van der Waals surface area contributed by atoms with Crippen molar-refractivity contribution in [3.05, 3.63) is 132 Å². The molecule has 0 unspecified atom stereocenters. The normalized spacial score (nSPS) is 11.8. The van der Waals surface area contributed by atoms with Crippen LogP contribution < -0.4 is 13.1 Å². The van der Waals surface area contributed by atoms with Gasteiger partial charge >= 0.3 is 182 Å². The molecule has 0 N–H and O–H groups in total.